The number of carboxylic acids is 1. The Balaban J connectivity index is 1.48. The Hall–Kier alpha value is -4.06. The molecule has 0 bridgehead atoms. The quantitative estimate of drug-likeness (QED) is 0.474. The van der Waals surface area contributed by atoms with Gasteiger partial charge >= 0.3 is 12.1 Å². The van der Waals surface area contributed by atoms with E-state index in [9.17, 15) is 14.7 Å². The van der Waals surface area contributed by atoms with Crippen LogP contribution in [-0.4, -0.2) is 30.4 Å². The lowest BCUT2D eigenvalue weighted by molar-refractivity contribution is -0.144. The van der Waals surface area contributed by atoms with Gasteiger partial charge in [0.2, 0.25) is 0 Å². The summed E-state index contributed by atoms with van der Waals surface area (Å²) in [5, 5.41) is 12.4. The molecule has 0 aromatic heterocycles. The lowest BCUT2D eigenvalue weighted by atomic mass is 9.92. The summed E-state index contributed by atoms with van der Waals surface area (Å²) in [7, 11) is 0. The summed E-state index contributed by atoms with van der Waals surface area (Å²) in [5.41, 5.74) is 3.15. The zero-order valence-corrected chi connectivity index (χ0v) is 18.3. The van der Waals surface area contributed by atoms with Crippen molar-refractivity contribution in [2.24, 2.45) is 0 Å². The fourth-order valence-electron chi connectivity index (χ4n) is 4.13. The van der Waals surface area contributed by atoms with Gasteiger partial charge in [0.15, 0.2) is 5.54 Å². The highest BCUT2D eigenvalue weighted by atomic mass is 16.5. The molecule has 0 aliphatic heterocycles. The minimum Gasteiger partial charge on any atom is -0.490 e. The van der Waals surface area contributed by atoms with Crippen molar-refractivity contribution in [2.45, 2.75) is 18.4 Å². The molecule has 33 heavy (non-hydrogen) atoms. The number of hydrogen-bond donors (Lipinski definition) is 2. The molecule has 3 aromatic rings. The molecule has 0 spiro atoms. The maximum Gasteiger partial charge on any atom is 0.408 e. The van der Waals surface area contributed by atoms with Gasteiger partial charge in [-0.15, -0.1) is 0 Å². The first kappa shape index (κ1) is 22.1. The third kappa shape index (κ3) is 4.32. The van der Waals surface area contributed by atoms with Crippen LogP contribution in [0.25, 0.3) is 11.1 Å². The van der Waals surface area contributed by atoms with Gasteiger partial charge in [-0.05, 0) is 46.9 Å². The molecule has 1 amide bonds. The van der Waals surface area contributed by atoms with Crippen molar-refractivity contribution >= 4 is 12.1 Å². The van der Waals surface area contributed by atoms with Crippen molar-refractivity contribution in [3.05, 3.63) is 102 Å². The van der Waals surface area contributed by atoms with Gasteiger partial charge in [0.25, 0.3) is 0 Å². The largest absolute Gasteiger partial charge is 0.490 e. The molecule has 168 valence electrons. The molecule has 0 fully saturated rings. The fraction of sp³-hybridized carbons (Fsp3) is 0.185. The molecular formula is C27H25NO5. The first-order chi connectivity index (χ1) is 15.9. The molecule has 6 nitrogen and oxygen atoms in total. The highest BCUT2D eigenvalue weighted by molar-refractivity contribution is 5.85. The lowest BCUT2D eigenvalue weighted by Crippen LogP contribution is -2.49. The van der Waals surface area contributed by atoms with Crippen molar-refractivity contribution in [1.82, 2.24) is 5.32 Å². The number of benzene rings is 3. The molecule has 0 saturated heterocycles. The summed E-state index contributed by atoms with van der Waals surface area (Å²) < 4.78 is 11.0. The van der Waals surface area contributed by atoms with Crippen LogP contribution in [0, 0.1) is 0 Å². The Morgan fingerprint density at radius 1 is 1.00 bits per heavy atom. The van der Waals surface area contributed by atoms with Gasteiger partial charge in [-0.3, -0.25) is 0 Å². The molecule has 1 atom stereocenters. The number of amides is 1. The second kappa shape index (κ2) is 9.20. The molecular weight excluding hydrogens is 418 g/mol. The van der Waals surface area contributed by atoms with Gasteiger partial charge < -0.3 is 19.9 Å². The number of alkyl carbamates (subject to hydrolysis) is 1. The van der Waals surface area contributed by atoms with Crippen LogP contribution in [0.4, 0.5) is 4.79 Å². The molecule has 2 N–H and O–H groups in total. The van der Waals surface area contributed by atoms with Crippen LogP contribution in [0.15, 0.2) is 85.5 Å². The van der Waals surface area contributed by atoms with Crippen molar-refractivity contribution in [3.8, 4) is 16.9 Å². The van der Waals surface area contributed by atoms with Crippen molar-refractivity contribution < 1.29 is 24.2 Å². The predicted octanol–water partition coefficient (Wildman–Crippen LogP) is 5.09. The fourth-order valence-corrected chi connectivity index (χ4v) is 4.13. The molecule has 6 heteroatoms. The summed E-state index contributed by atoms with van der Waals surface area (Å²) in [6.45, 7) is 5.46. The van der Waals surface area contributed by atoms with Crippen molar-refractivity contribution in [3.63, 3.8) is 0 Å². The summed E-state index contributed by atoms with van der Waals surface area (Å²) in [6, 6.07) is 22.6. The second-order valence-electron chi connectivity index (χ2n) is 8.00. The molecule has 4 rings (SSSR count). The predicted molar refractivity (Wildman–Crippen MR) is 125 cm³/mol. The van der Waals surface area contributed by atoms with Crippen LogP contribution < -0.4 is 10.1 Å². The Labute approximate surface area is 192 Å². The van der Waals surface area contributed by atoms with E-state index in [2.05, 4.69) is 24.0 Å². The highest BCUT2D eigenvalue weighted by Crippen LogP contribution is 2.44. The van der Waals surface area contributed by atoms with Gasteiger partial charge in [0, 0.05) is 5.92 Å². The number of carboxylic acid groups (broad SMARTS) is 1. The lowest BCUT2D eigenvalue weighted by Gasteiger charge is -2.27. The van der Waals surface area contributed by atoms with Crippen LogP contribution in [0.1, 0.15) is 29.5 Å². The summed E-state index contributed by atoms with van der Waals surface area (Å²) in [4.78, 5) is 24.8. The van der Waals surface area contributed by atoms with E-state index < -0.39 is 17.6 Å². The average Bonchev–Trinajstić information content (AvgIpc) is 3.15. The molecule has 1 aliphatic carbocycles. The Morgan fingerprint density at radius 3 is 2.12 bits per heavy atom. The van der Waals surface area contributed by atoms with E-state index in [4.69, 9.17) is 9.47 Å². The standard InChI is InChI=1S/C27H25NO5/c1-3-16-32-19-14-12-18(13-15-19)27(2,25(29)30)28-26(31)33-17-24-22-10-6-4-8-20(22)21-9-5-7-11-23(21)24/h3-15,24H,1,16-17H2,2H3,(H,28,31)(H,29,30). The van der Waals surface area contributed by atoms with E-state index in [0.29, 0.717) is 17.9 Å². The smallest absolute Gasteiger partial charge is 0.408 e. The summed E-state index contributed by atoms with van der Waals surface area (Å²) >= 11 is 0. The third-order valence-corrected chi connectivity index (χ3v) is 5.92. The van der Waals surface area contributed by atoms with E-state index in [1.807, 2.05) is 36.4 Å². The average molecular weight is 443 g/mol. The molecule has 0 radical (unpaired) electrons. The molecule has 3 aromatic carbocycles. The molecule has 1 aliphatic rings. The summed E-state index contributed by atoms with van der Waals surface area (Å²) in [6.07, 6.45) is 0.822. The Bertz CT molecular complexity index is 1140. The maximum absolute atomic E-state index is 12.7. The van der Waals surface area contributed by atoms with Crippen molar-refractivity contribution in [1.29, 1.82) is 0 Å². The topological polar surface area (TPSA) is 84.9 Å². The van der Waals surface area contributed by atoms with Crippen LogP contribution >= 0.6 is 0 Å². The van der Waals surface area contributed by atoms with E-state index in [1.54, 1.807) is 30.3 Å². The van der Waals surface area contributed by atoms with Gasteiger partial charge in [0.1, 0.15) is 19.0 Å². The number of fused-ring (bicyclic) bond motifs is 3. The van der Waals surface area contributed by atoms with E-state index >= 15 is 0 Å². The summed E-state index contributed by atoms with van der Waals surface area (Å²) in [5.74, 6) is -0.733. The van der Waals surface area contributed by atoms with Gasteiger partial charge in [-0.1, -0.05) is 73.3 Å². The van der Waals surface area contributed by atoms with E-state index in [0.717, 1.165) is 22.3 Å². The van der Waals surface area contributed by atoms with Gasteiger partial charge in [0.05, 0.1) is 0 Å². The number of nitrogens with one attached hydrogen (secondary N) is 1. The Kier molecular flexibility index (Phi) is 6.18. The molecule has 1 unspecified atom stereocenters. The first-order valence-electron chi connectivity index (χ1n) is 10.6. The second-order valence-corrected chi connectivity index (χ2v) is 8.00. The maximum atomic E-state index is 12.7. The van der Waals surface area contributed by atoms with Crippen molar-refractivity contribution in [2.75, 3.05) is 13.2 Å². The zero-order valence-electron chi connectivity index (χ0n) is 18.3. The number of carbonyl (C=O) groups is 2. The number of hydrogen-bond acceptors (Lipinski definition) is 4. The van der Waals surface area contributed by atoms with Crippen LogP contribution in [-0.2, 0) is 15.1 Å². The van der Waals surface area contributed by atoms with Crippen LogP contribution in [0.5, 0.6) is 5.75 Å². The Morgan fingerprint density at radius 2 is 1.58 bits per heavy atom. The third-order valence-electron chi connectivity index (χ3n) is 5.92. The number of rotatable bonds is 8. The van der Waals surface area contributed by atoms with Crippen LogP contribution in [0.3, 0.4) is 0 Å². The normalized spacial score (nSPS) is 13.8. The molecule has 0 saturated carbocycles. The van der Waals surface area contributed by atoms with E-state index in [1.165, 1.54) is 6.92 Å². The highest BCUT2D eigenvalue weighted by Gasteiger charge is 2.38. The molecule has 0 heterocycles. The number of carbonyl (C=O) groups excluding carboxylic acids is 1. The number of aliphatic carboxylic acids is 1. The minimum atomic E-state index is -1.67. The zero-order chi connectivity index (χ0) is 23.4. The number of ether oxygens (including phenoxy) is 2. The van der Waals surface area contributed by atoms with Gasteiger partial charge in [-0.25, -0.2) is 9.59 Å². The monoisotopic (exact) mass is 443 g/mol. The first-order valence-corrected chi connectivity index (χ1v) is 10.6. The van der Waals surface area contributed by atoms with Gasteiger partial charge in [-0.2, -0.15) is 0 Å². The SMILES string of the molecule is C=CCOc1ccc(C(C)(NC(=O)OCC2c3ccccc3-c3ccccc32)C(=O)O)cc1. The van der Waals surface area contributed by atoms with Crippen LogP contribution in [0.2, 0.25) is 0 Å². The minimum absolute atomic E-state index is 0.101. The van der Waals surface area contributed by atoms with E-state index in [-0.39, 0.29) is 12.5 Å².